The molecule has 0 heterocycles. The molecular formula is C5H13AlO2. The molecule has 0 aromatic carbocycles. The van der Waals surface area contributed by atoms with Gasteiger partial charge in [0.25, 0.3) is 6.47 Å². The van der Waals surface area contributed by atoms with Crippen molar-refractivity contribution in [2.45, 2.75) is 19.8 Å². The lowest BCUT2D eigenvalue weighted by atomic mass is 10.4. The highest BCUT2D eigenvalue weighted by atomic mass is 27.0. The lowest BCUT2D eigenvalue weighted by molar-refractivity contribution is -0.128. The molecule has 0 aromatic heterocycles. The summed E-state index contributed by atoms with van der Waals surface area (Å²) in [5.41, 5.74) is 0. The van der Waals surface area contributed by atoms with Crippen LogP contribution in [-0.2, 0) is 9.53 Å². The van der Waals surface area contributed by atoms with Crippen molar-refractivity contribution in [1.82, 2.24) is 0 Å². The van der Waals surface area contributed by atoms with Crippen LogP contribution in [-0.4, -0.2) is 30.4 Å². The van der Waals surface area contributed by atoms with Gasteiger partial charge in [0.1, 0.15) is 0 Å². The summed E-state index contributed by atoms with van der Waals surface area (Å²) in [4.78, 5) is 9.46. The van der Waals surface area contributed by atoms with Crippen molar-refractivity contribution < 1.29 is 9.53 Å². The molecule has 0 fully saturated rings. The number of unbranched alkanes of at least 4 members (excludes halogenated alkanes) is 1. The molecule has 8 heavy (non-hydrogen) atoms. The molecule has 0 saturated heterocycles. The van der Waals surface area contributed by atoms with E-state index in [9.17, 15) is 4.79 Å². The Labute approximate surface area is 60.3 Å². The fourth-order valence-electron chi connectivity index (χ4n) is 0.276. The van der Waals surface area contributed by atoms with Gasteiger partial charge in [0.15, 0.2) is 17.4 Å². The average Bonchev–Trinajstić information content (AvgIpc) is 1.69. The SMILES string of the molecule is CCCCOC=O.[AlH3]. The van der Waals surface area contributed by atoms with Crippen LogP contribution in [0.4, 0.5) is 0 Å². The second-order valence-electron chi connectivity index (χ2n) is 1.32. The minimum atomic E-state index is 0. The minimum absolute atomic E-state index is 0. The van der Waals surface area contributed by atoms with E-state index >= 15 is 0 Å². The van der Waals surface area contributed by atoms with Crippen LogP contribution in [0, 0.1) is 0 Å². The first-order valence-corrected chi connectivity index (χ1v) is 2.47. The Bertz CT molecular complexity index is 47.7. The van der Waals surface area contributed by atoms with Gasteiger partial charge in [-0.25, -0.2) is 0 Å². The van der Waals surface area contributed by atoms with Gasteiger partial charge in [-0.05, 0) is 6.42 Å². The molecule has 0 atom stereocenters. The Morgan fingerprint density at radius 1 is 1.62 bits per heavy atom. The molecule has 0 spiro atoms. The molecule has 0 aliphatic heterocycles. The van der Waals surface area contributed by atoms with Gasteiger partial charge in [-0.2, -0.15) is 0 Å². The summed E-state index contributed by atoms with van der Waals surface area (Å²) in [7, 11) is 0. The fourth-order valence-corrected chi connectivity index (χ4v) is 0.276. The maximum absolute atomic E-state index is 9.46. The summed E-state index contributed by atoms with van der Waals surface area (Å²) >= 11 is 0. The van der Waals surface area contributed by atoms with E-state index in [-0.39, 0.29) is 17.4 Å². The van der Waals surface area contributed by atoms with Crippen molar-refractivity contribution >= 4 is 23.8 Å². The van der Waals surface area contributed by atoms with E-state index in [0.29, 0.717) is 13.1 Å². The van der Waals surface area contributed by atoms with Gasteiger partial charge in [-0.1, -0.05) is 13.3 Å². The van der Waals surface area contributed by atoms with Crippen molar-refractivity contribution in [3.8, 4) is 0 Å². The second kappa shape index (κ2) is 10.1. The summed E-state index contributed by atoms with van der Waals surface area (Å²) in [5, 5.41) is 0. The third kappa shape index (κ3) is 9.38. The highest BCUT2D eigenvalue weighted by molar-refractivity contribution is 5.75. The molecule has 0 aliphatic carbocycles. The summed E-state index contributed by atoms with van der Waals surface area (Å²) in [6.07, 6.45) is 2.05. The standard InChI is InChI=1S/C5H10O2.Al.3H/c1-2-3-4-7-5-6;;;;/h5H,2-4H2,1H3;;;;. The monoisotopic (exact) mass is 132 g/mol. The summed E-state index contributed by atoms with van der Waals surface area (Å²) in [6.45, 7) is 3.10. The van der Waals surface area contributed by atoms with E-state index in [1.165, 1.54) is 0 Å². The number of carbonyl (C=O) groups excluding carboxylic acids is 1. The van der Waals surface area contributed by atoms with Gasteiger partial charge < -0.3 is 4.74 Å². The summed E-state index contributed by atoms with van der Waals surface area (Å²) in [5.74, 6) is 0. The molecule has 0 saturated carbocycles. The average molecular weight is 132 g/mol. The zero-order valence-electron chi connectivity index (χ0n) is 4.52. The van der Waals surface area contributed by atoms with Crippen LogP contribution in [0.1, 0.15) is 19.8 Å². The molecule has 0 aromatic rings. The fraction of sp³-hybridized carbons (Fsp3) is 0.800. The van der Waals surface area contributed by atoms with Gasteiger partial charge in [0.05, 0.1) is 6.61 Å². The van der Waals surface area contributed by atoms with E-state index in [2.05, 4.69) is 4.74 Å². The first-order valence-electron chi connectivity index (χ1n) is 2.47. The molecule has 0 unspecified atom stereocenters. The smallest absolute Gasteiger partial charge is 0.293 e. The highest BCUT2D eigenvalue weighted by Crippen LogP contribution is 1.83. The Balaban J connectivity index is 0. The molecule has 0 rings (SSSR count). The predicted octanol–water partition coefficient (Wildman–Crippen LogP) is -0.224. The van der Waals surface area contributed by atoms with E-state index in [4.69, 9.17) is 0 Å². The second-order valence-corrected chi connectivity index (χ2v) is 1.32. The van der Waals surface area contributed by atoms with Crippen LogP contribution in [0.25, 0.3) is 0 Å². The van der Waals surface area contributed by atoms with Gasteiger partial charge in [-0.15, -0.1) is 0 Å². The lowest BCUT2D eigenvalue weighted by Gasteiger charge is -1.90. The van der Waals surface area contributed by atoms with Crippen molar-refractivity contribution in [3.05, 3.63) is 0 Å². The van der Waals surface area contributed by atoms with E-state index in [1.54, 1.807) is 0 Å². The molecule has 0 bridgehead atoms. The minimum Gasteiger partial charge on any atom is -0.468 e. The van der Waals surface area contributed by atoms with Gasteiger partial charge in [0.2, 0.25) is 0 Å². The van der Waals surface area contributed by atoms with Gasteiger partial charge in [-0.3, -0.25) is 4.79 Å². The van der Waals surface area contributed by atoms with E-state index < -0.39 is 0 Å². The largest absolute Gasteiger partial charge is 0.468 e. The van der Waals surface area contributed by atoms with Crippen LogP contribution < -0.4 is 0 Å². The number of rotatable bonds is 4. The van der Waals surface area contributed by atoms with Crippen molar-refractivity contribution in [2.75, 3.05) is 6.61 Å². The lowest BCUT2D eigenvalue weighted by Crippen LogP contribution is -1.88. The molecule has 48 valence electrons. The van der Waals surface area contributed by atoms with Gasteiger partial charge >= 0.3 is 0 Å². The molecule has 0 N–H and O–H groups in total. The number of ether oxygens (including phenoxy) is 1. The molecule has 0 aliphatic rings. The number of hydrogen-bond acceptors (Lipinski definition) is 2. The predicted molar refractivity (Wildman–Crippen MR) is 36.9 cm³/mol. The van der Waals surface area contributed by atoms with Gasteiger partial charge in [0, 0.05) is 0 Å². The number of hydrogen-bond donors (Lipinski definition) is 0. The van der Waals surface area contributed by atoms with Crippen LogP contribution >= 0.6 is 0 Å². The summed E-state index contributed by atoms with van der Waals surface area (Å²) in [6, 6.07) is 0. The molecule has 2 nitrogen and oxygen atoms in total. The molecular weight excluding hydrogens is 119 g/mol. The van der Waals surface area contributed by atoms with E-state index in [0.717, 1.165) is 12.8 Å². The van der Waals surface area contributed by atoms with Crippen LogP contribution in [0.5, 0.6) is 0 Å². The quantitative estimate of drug-likeness (QED) is 0.300. The zero-order chi connectivity index (χ0) is 5.54. The molecule has 0 radical (unpaired) electrons. The molecule has 0 amide bonds. The van der Waals surface area contributed by atoms with E-state index in [1.807, 2.05) is 6.92 Å². The first-order chi connectivity index (χ1) is 3.41. The Morgan fingerprint density at radius 3 is 2.62 bits per heavy atom. The third-order valence-corrected chi connectivity index (χ3v) is 0.684. The van der Waals surface area contributed by atoms with Crippen molar-refractivity contribution in [3.63, 3.8) is 0 Å². The normalized spacial score (nSPS) is 7.12. The Morgan fingerprint density at radius 2 is 2.25 bits per heavy atom. The maximum Gasteiger partial charge on any atom is 0.293 e. The topological polar surface area (TPSA) is 26.3 Å². The van der Waals surface area contributed by atoms with Crippen LogP contribution in [0.3, 0.4) is 0 Å². The Hall–Kier alpha value is 0.00247. The molecule has 3 heteroatoms. The van der Waals surface area contributed by atoms with Crippen LogP contribution in [0.15, 0.2) is 0 Å². The van der Waals surface area contributed by atoms with Crippen LogP contribution in [0.2, 0.25) is 0 Å². The van der Waals surface area contributed by atoms with Crippen molar-refractivity contribution in [1.29, 1.82) is 0 Å². The first kappa shape index (κ1) is 10.9. The Kier molecular flexibility index (Phi) is 13.7. The zero-order valence-corrected chi connectivity index (χ0v) is 4.52. The maximum atomic E-state index is 9.46. The number of carbonyl (C=O) groups is 1. The highest BCUT2D eigenvalue weighted by Gasteiger charge is 1.78. The van der Waals surface area contributed by atoms with Crippen molar-refractivity contribution in [2.24, 2.45) is 0 Å². The summed E-state index contributed by atoms with van der Waals surface area (Å²) < 4.78 is 4.39. The third-order valence-electron chi connectivity index (χ3n) is 0.684.